The fourth-order valence-corrected chi connectivity index (χ4v) is 3.24. The Hall–Kier alpha value is -3.04. The molecule has 11 heteroatoms. The second kappa shape index (κ2) is 12.3. The van der Waals surface area contributed by atoms with Crippen LogP contribution in [0.3, 0.4) is 0 Å². The van der Waals surface area contributed by atoms with Gasteiger partial charge in [0.05, 0.1) is 43.2 Å². The number of carbonyl (C=O) groups excluding carboxylic acids is 2. The summed E-state index contributed by atoms with van der Waals surface area (Å²) in [5.41, 5.74) is 0.427. The first kappa shape index (κ1) is 26.2. The van der Waals surface area contributed by atoms with E-state index in [1.165, 1.54) is 45.4 Å². The van der Waals surface area contributed by atoms with Crippen LogP contribution in [0.4, 0.5) is 11.4 Å². The maximum atomic E-state index is 12.8. The summed E-state index contributed by atoms with van der Waals surface area (Å²) in [5, 5.41) is 11.0. The average molecular weight is 498 g/mol. The van der Waals surface area contributed by atoms with Crippen LogP contribution in [0.1, 0.15) is 20.8 Å². The van der Waals surface area contributed by atoms with Gasteiger partial charge in [-0.05, 0) is 20.8 Å². The van der Waals surface area contributed by atoms with E-state index in [1.54, 1.807) is 0 Å². The minimum Gasteiger partial charge on any atom is -0.497 e. The van der Waals surface area contributed by atoms with Crippen LogP contribution in [0.5, 0.6) is 23.0 Å². The molecule has 2 aromatic rings. The fraction of sp³-hybridized carbons (Fsp3) is 0.364. The van der Waals surface area contributed by atoms with Gasteiger partial charge in [0.1, 0.15) is 11.4 Å². The Bertz CT molecular complexity index is 1050. The van der Waals surface area contributed by atoms with E-state index < -0.39 is 17.7 Å². The van der Waals surface area contributed by atoms with Crippen LogP contribution in [0, 0.1) is 0 Å². The molecule has 1 N–H and O–H groups in total. The number of anilines is 1. The molecule has 0 aliphatic heterocycles. The molecular weight excluding hydrogens is 473 g/mol. The van der Waals surface area contributed by atoms with Crippen LogP contribution < -0.4 is 24.3 Å². The van der Waals surface area contributed by atoms with Crippen molar-refractivity contribution in [1.82, 2.24) is 0 Å². The van der Waals surface area contributed by atoms with Crippen LogP contribution in [-0.2, 0) is 9.59 Å². The molecule has 0 spiro atoms. The summed E-state index contributed by atoms with van der Waals surface area (Å²) in [6.07, 6.45) is 0. The van der Waals surface area contributed by atoms with E-state index in [4.69, 9.17) is 42.1 Å². The second-order valence-corrected chi connectivity index (χ2v) is 7.34. The number of hydrogen-bond acceptors (Lipinski definition) is 8. The third kappa shape index (κ3) is 6.72. The van der Waals surface area contributed by atoms with Crippen molar-refractivity contribution in [2.75, 3.05) is 32.8 Å². The van der Waals surface area contributed by atoms with Gasteiger partial charge in [0, 0.05) is 24.3 Å². The molecule has 0 aliphatic rings. The van der Waals surface area contributed by atoms with Crippen molar-refractivity contribution in [2.24, 2.45) is 10.2 Å². The molecule has 0 bridgehead atoms. The van der Waals surface area contributed by atoms with Crippen LogP contribution in [0.2, 0.25) is 10.0 Å². The maximum Gasteiger partial charge on any atom is 0.258 e. The highest BCUT2D eigenvalue weighted by atomic mass is 35.5. The van der Waals surface area contributed by atoms with Gasteiger partial charge in [0.2, 0.25) is 6.04 Å². The average Bonchev–Trinajstić information content (AvgIpc) is 2.76. The number of carbonyl (C=O) groups is 2. The van der Waals surface area contributed by atoms with Crippen molar-refractivity contribution in [1.29, 1.82) is 0 Å². The van der Waals surface area contributed by atoms with E-state index in [9.17, 15) is 9.59 Å². The third-order valence-electron chi connectivity index (χ3n) is 4.24. The lowest BCUT2D eigenvalue weighted by molar-refractivity contribution is -0.126. The Balaban J connectivity index is 2.35. The standard InChI is InChI=1S/C22H25Cl2N3O6/c1-6-32-18-10-14(23)16(11-19(18)33-7-2)26-27-20(12(3)28)22(29)25-17-9-13(30-4)8-15(24)21(17)31-5/h8-11,20H,6-7H2,1-5H3,(H,25,29). The summed E-state index contributed by atoms with van der Waals surface area (Å²) in [5.74, 6) is 0.198. The lowest BCUT2D eigenvalue weighted by atomic mass is 10.2. The Morgan fingerprint density at radius 2 is 1.61 bits per heavy atom. The van der Waals surface area contributed by atoms with Gasteiger partial charge in [-0.15, -0.1) is 0 Å². The van der Waals surface area contributed by atoms with Crippen LogP contribution in [-0.4, -0.2) is 45.2 Å². The van der Waals surface area contributed by atoms with Gasteiger partial charge in [-0.2, -0.15) is 10.2 Å². The predicted octanol–water partition coefficient (Wildman–Crippen LogP) is 5.49. The summed E-state index contributed by atoms with van der Waals surface area (Å²) in [6, 6.07) is 4.66. The summed E-state index contributed by atoms with van der Waals surface area (Å²) in [7, 11) is 2.85. The highest BCUT2D eigenvalue weighted by Crippen LogP contribution is 2.39. The molecule has 2 rings (SSSR count). The van der Waals surface area contributed by atoms with Crippen molar-refractivity contribution in [3.05, 3.63) is 34.3 Å². The smallest absolute Gasteiger partial charge is 0.258 e. The molecule has 0 aromatic heterocycles. The number of nitrogens with one attached hydrogen (secondary N) is 1. The molecule has 1 amide bonds. The van der Waals surface area contributed by atoms with Gasteiger partial charge in [-0.25, -0.2) is 0 Å². The Morgan fingerprint density at radius 3 is 2.15 bits per heavy atom. The number of rotatable bonds is 11. The molecule has 0 fully saturated rings. The van der Waals surface area contributed by atoms with E-state index >= 15 is 0 Å². The number of Topliss-reactive ketones (excluding diaryl/α,β-unsaturated/α-hetero) is 1. The first-order valence-corrected chi connectivity index (χ1v) is 10.7. The zero-order valence-corrected chi connectivity index (χ0v) is 20.4. The molecular formula is C22H25Cl2N3O6. The molecule has 1 unspecified atom stereocenters. The molecule has 33 heavy (non-hydrogen) atoms. The van der Waals surface area contributed by atoms with Gasteiger partial charge < -0.3 is 24.3 Å². The number of halogens is 2. The van der Waals surface area contributed by atoms with Crippen molar-refractivity contribution in [2.45, 2.75) is 26.8 Å². The number of methoxy groups -OCH3 is 2. The quantitative estimate of drug-likeness (QED) is 0.324. The van der Waals surface area contributed by atoms with E-state index in [0.717, 1.165) is 0 Å². The maximum absolute atomic E-state index is 12.8. The van der Waals surface area contributed by atoms with E-state index in [2.05, 4.69) is 15.5 Å². The minimum absolute atomic E-state index is 0.209. The molecule has 0 saturated heterocycles. The zero-order valence-electron chi connectivity index (χ0n) is 18.9. The monoisotopic (exact) mass is 497 g/mol. The Labute approximate surface area is 202 Å². The predicted molar refractivity (Wildman–Crippen MR) is 126 cm³/mol. The summed E-state index contributed by atoms with van der Waals surface area (Å²) in [6.45, 7) is 5.69. The van der Waals surface area contributed by atoms with E-state index in [0.29, 0.717) is 30.5 Å². The summed E-state index contributed by atoms with van der Waals surface area (Å²) in [4.78, 5) is 25.0. The Kier molecular flexibility index (Phi) is 9.74. The second-order valence-electron chi connectivity index (χ2n) is 6.52. The number of azo groups is 1. The number of hydrogen-bond donors (Lipinski definition) is 1. The third-order valence-corrected chi connectivity index (χ3v) is 4.83. The van der Waals surface area contributed by atoms with Crippen molar-refractivity contribution in [3.8, 4) is 23.0 Å². The summed E-state index contributed by atoms with van der Waals surface area (Å²) < 4.78 is 21.5. The van der Waals surface area contributed by atoms with Crippen molar-refractivity contribution in [3.63, 3.8) is 0 Å². The molecule has 1 atom stereocenters. The molecule has 0 radical (unpaired) electrons. The number of nitrogens with zero attached hydrogens (tertiary/aromatic N) is 2. The lowest BCUT2D eigenvalue weighted by Crippen LogP contribution is -2.32. The van der Waals surface area contributed by atoms with Gasteiger partial charge in [-0.1, -0.05) is 23.2 Å². The minimum atomic E-state index is -1.45. The Morgan fingerprint density at radius 1 is 0.970 bits per heavy atom. The first-order chi connectivity index (χ1) is 15.7. The SMILES string of the molecule is CCOc1cc(Cl)c(N=NC(C(C)=O)C(=O)Nc2cc(OC)cc(Cl)c2OC)cc1OCC. The molecule has 2 aromatic carbocycles. The first-order valence-electron chi connectivity index (χ1n) is 9.98. The highest BCUT2D eigenvalue weighted by Gasteiger charge is 2.25. The van der Waals surface area contributed by atoms with E-state index in [1.807, 2.05) is 13.8 Å². The summed E-state index contributed by atoms with van der Waals surface area (Å²) >= 11 is 12.5. The molecule has 178 valence electrons. The van der Waals surface area contributed by atoms with Gasteiger partial charge in [0.15, 0.2) is 23.0 Å². The van der Waals surface area contributed by atoms with Gasteiger partial charge in [0.25, 0.3) is 5.91 Å². The topological polar surface area (TPSA) is 108 Å². The van der Waals surface area contributed by atoms with Gasteiger partial charge in [-0.3, -0.25) is 9.59 Å². The lowest BCUT2D eigenvalue weighted by Gasteiger charge is -2.15. The van der Waals surface area contributed by atoms with Gasteiger partial charge >= 0.3 is 0 Å². The number of amides is 1. The number of ether oxygens (including phenoxy) is 4. The van der Waals surface area contributed by atoms with Crippen LogP contribution in [0.15, 0.2) is 34.5 Å². The van der Waals surface area contributed by atoms with Crippen molar-refractivity contribution < 1.29 is 28.5 Å². The molecule has 0 saturated carbocycles. The largest absolute Gasteiger partial charge is 0.497 e. The zero-order chi connectivity index (χ0) is 24.5. The molecule has 0 aliphatic carbocycles. The van der Waals surface area contributed by atoms with Crippen LogP contribution >= 0.6 is 23.2 Å². The molecule has 0 heterocycles. The molecule has 9 nitrogen and oxygen atoms in total. The number of ketones is 1. The van der Waals surface area contributed by atoms with E-state index in [-0.39, 0.29) is 27.2 Å². The highest BCUT2D eigenvalue weighted by molar-refractivity contribution is 6.33. The normalized spacial score (nSPS) is 11.7. The van der Waals surface area contributed by atoms with Crippen molar-refractivity contribution >= 4 is 46.3 Å². The fourth-order valence-electron chi connectivity index (χ4n) is 2.76. The van der Waals surface area contributed by atoms with Crippen LogP contribution in [0.25, 0.3) is 0 Å². The number of benzene rings is 2.